The average Bonchev–Trinajstić information content (AvgIpc) is 2.87. The summed E-state index contributed by atoms with van der Waals surface area (Å²) in [7, 11) is 0. The lowest BCUT2D eigenvalue weighted by Gasteiger charge is -2.20. The largest absolute Gasteiger partial charge is 0.462 e. The molecule has 0 saturated heterocycles. The first-order valence-corrected chi connectivity index (χ1v) is 7.02. The van der Waals surface area contributed by atoms with Crippen LogP contribution in [0.15, 0.2) is 12.2 Å². The summed E-state index contributed by atoms with van der Waals surface area (Å²) in [5.41, 5.74) is 0. The molecule has 0 aromatic rings. The fraction of sp³-hybridized carbons (Fsp3) is 0.786. The Kier molecular flexibility index (Phi) is 4.13. The maximum atomic E-state index is 12.0. The fourth-order valence-corrected chi connectivity index (χ4v) is 2.99. The Balaban J connectivity index is 1.75. The molecule has 0 aromatic carbocycles. The van der Waals surface area contributed by atoms with Crippen LogP contribution in [0.25, 0.3) is 0 Å². The molecule has 2 aliphatic carbocycles. The topological polar surface area (TPSA) is 26.3 Å². The lowest BCUT2D eigenvalue weighted by Crippen LogP contribution is -2.25. The predicted molar refractivity (Wildman–Crippen MR) is 68.9 cm³/mol. The first-order chi connectivity index (χ1) is 8.06. The van der Waals surface area contributed by atoms with Gasteiger partial charge in [0.1, 0.15) is 0 Å². The number of rotatable bonds is 5. The summed E-state index contributed by atoms with van der Waals surface area (Å²) >= 11 is 5.89. The van der Waals surface area contributed by atoms with E-state index >= 15 is 0 Å². The van der Waals surface area contributed by atoms with Crippen molar-refractivity contribution in [2.75, 3.05) is 0 Å². The van der Waals surface area contributed by atoms with Crippen molar-refractivity contribution in [2.24, 2.45) is 17.8 Å². The Morgan fingerprint density at radius 1 is 1.35 bits per heavy atom. The van der Waals surface area contributed by atoms with Crippen LogP contribution in [0.2, 0.25) is 0 Å². The molecule has 2 rings (SSSR count). The van der Waals surface area contributed by atoms with Gasteiger partial charge in [0.05, 0.1) is 12.0 Å². The summed E-state index contributed by atoms with van der Waals surface area (Å²) in [6, 6.07) is 0. The molecule has 0 radical (unpaired) electrons. The Hall–Kier alpha value is -0.500. The Morgan fingerprint density at radius 2 is 2.12 bits per heavy atom. The second-order valence-corrected chi connectivity index (χ2v) is 6.24. The predicted octanol–water partition coefficient (Wildman–Crippen LogP) is 3.54. The van der Waals surface area contributed by atoms with Crippen molar-refractivity contribution in [3.8, 4) is 0 Å². The van der Waals surface area contributed by atoms with Gasteiger partial charge in [0.15, 0.2) is 0 Å². The SMILES string of the molecule is C[C@H](Cl)CC[C@H](C)OC(=O)[C@@H]1C[C@@H]2C=C[C@H]1C2. The van der Waals surface area contributed by atoms with Gasteiger partial charge in [0.2, 0.25) is 0 Å². The van der Waals surface area contributed by atoms with E-state index in [0.29, 0.717) is 11.8 Å². The van der Waals surface area contributed by atoms with E-state index in [1.165, 1.54) is 0 Å². The maximum absolute atomic E-state index is 12.0. The molecule has 2 aliphatic rings. The molecule has 96 valence electrons. The molecule has 0 amide bonds. The maximum Gasteiger partial charge on any atom is 0.309 e. The minimum absolute atomic E-state index is 0.00317. The number of hydrogen-bond acceptors (Lipinski definition) is 2. The third kappa shape index (κ3) is 3.25. The monoisotopic (exact) mass is 256 g/mol. The van der Waals surface area contributed by atoms with E-state index in [1.54, 1.807) is 0 Å². The van der Waals surface area contributed by atoms with Crippen molar-refractivity contribution in [2.45, 2.75) is 51.0 Å². The van der Waals surface area contributed by atoms with Crippen LogP contribution in [0.3, 0.4) is 0 Å². The minimum atomic E-state index is -0.00759. The van der Waals surface area contributed by atoms with Crippen molar-refractivity contribution >= 4 is 17.6 Å². The Morgan fingerprint density at radius 3 is 2.65 bits per heavy atom. The molecule has 17 heavy (non-hydrogen) atoms. The number of halogens is 1. The van der Waals surface area contributed by atoms with Gasteiger partial charge < -0.3 is 4.74 Å². The van der Waals surface area contributed by atoms with Crippen LogP contribution >= 0.6 is 11.6 Å². The molecule has 2 nitrogen and oxygen atoms in total. The van der Waals surface area contributed by atoms with Crippen molar-refractivity contribution in [3.63, 3.8) is 0 Å². The molecule has 3 heteroatoms. The number of fused-ring (bicyclic) bond motifs is 2. The molecule has 1 fully saturated rings. The molecule has 5 atom stereocenters. The van der Waals surface area contributed by atoms with E-state index in [1.807, 2.05) is 13.8 Å². The molecule has 0 spiro atoms. The van der Waals surface area contributed by atoms with Gasteiger partial charge in [-0.1, -0.05) is 12.2 Å². The van der Waals surface area contributed by atoms with Crippen LogP contribution in [-0.2, 0) is 9.53 Å². The summed E-state index contributed by atoms with van der Waals surface area (Å²) in [5, 5.41) is 0.154. The van der Waals surface area contributed by atoms with Crippen LogP contribution in [0.4, 0.5) is 0 Å². The molecule has 0 aromatic heterocycles. The van der Waals surface area contributed by atoms with Gasteiger partial charge in [-0.15, -0.1) is 11.6 Å². The first-order valence-electron chi connectivity index (χ1n) is 6.59. The van der Waals surface area contributed by atoms with Gasteiger partial charge in [-0.05, 0) is 51.4 Å². The molecule has 0 aliphatic heterocycles. The van der Waals surface area contributed by atoms with Crippen LogP contribution in [0, 0.1) is 17.8 Å². The normalized spacial score (nSPS) is 33.7. The lowest BCUT2D eigenvalue weighted by atomic mass is 9.94. The van der Waals surface area contributed by atoms with Crippen LogP contribution < -0.4 is 0 Å². The second kappa shape index (κ2) is 5.43. The Bertz CT molecular complexity index is 311. The summed E-state index contributed by atoms with van der Waals surface area (Å²) in [6.45, 7) is 3.93. The minimum Gasteiger partial charge on any atom is -0.462 e. The van der Waals surface area contributed by atoms with E-state index in [0.717, 1.165) is 25.7 Å². The van der Waals surface area contributed by atoms with Gasteiger partial charge in [-0.3, -0.25) is 4.79 Å². The summed E-state index contributed by atoms with van der Waals surface area (Å²) in [6.07, 6.45) is 8.30. The quantitative estimate of drug-likeness (QED) is 0.427. The highest BCUT2D eigenvalue weighted by molar-refractivity contribution is 6.20. The van der Waals surface area contributed by atoms with Crippen LogP contribution in [0.5, 0.6) is 0 Å². The van der Waals surface area contributed by atoms with Gasteiger partial charge in [0, 0.05) is 5.38 Å². The van der Waals surface area contributed by atoms with Crippen molar-refractivity contribution < 1.29 is 9.53 Å². The highest BCUT2D eigenvalue weighted by Gasteiger charge is 2.41. The van der Waals surface area contributed by atoms with Crippen molar-refractivity contribution in [3.05, 3.63) is 12.2 Å². The molecular weight excluding hydrogens is 236 g/mol. The van der Waals surface area contributed by atoms with Crippen LogP contribution in [0.1, 0.15) is 39.5 Å². The zero-order chi connectivity index (χ0) is 12.4. The first kappa shape index (κ1) is 12.9. The lowest BCUT2D eigenvalue weighted by molar-refractivity contribution is -0.154. The van der Waals surface area contributed by atoms with Crippen LogP contribution in [-0.4, -0.2) is 17.5 Å². The standard InChI is InChI=1S/C14H21ClO2/c1-9(15)3-4-10(2)17-14(16)13-8-11-5-6-12(13)7-11/h5-6,9-13H,3-4,7-8H2,1-2H3/t9-,10-,11+,12-,13+/m0/s1. The zero-order valence-corrected chi connectivity index (χ0v) is 11.3. The Labute approximate surface area is 108 Å². The second-order valence-electron chi connectivity index (χ2n) is 5.49. The van der Waals surface area contributed by atoms with Crippen molar-refractivity contribution in [1.29, 1.82) is 0 Å². The fourth-order valence-electron chi connectivity index (χ4n) is 2.86. The molecule has 0 N–H and O–H groups in total. The molecular formula is C14H21ClO2. The van der Waals surface area contributed by atoms with E-state index < -0.39 is 0 Å². The van der Waals surface area contributed by atoms with Crippen molar-refractivity contribution in [1.82, 2.24) is 0 Å². The number of alkyl halides is 1. The molecule has 2 bridgehead atoms. The van der Waals surface area contributed by atoms with E-state index in [4.69, 9.17) is 16.3 Å². The summed E-state index contributed by atoms with van der Waals surface area (Å²) in [4.78, 5) is 12.0. The highest BCUT2D eigenvalue weighted by Crippen LogP contribution is 2.44. The van der Waals surface area contributed by atoms with E-state index in [-0.39, 0.29) is 23.4 Å². The smallest absolute Gasteiger partial charge is 0.309 e. The van der Waals surface area contributed by atoms with Gasteiger partial charge in [0.25, 0.3) is 0 Å². The number of carbonyl (C=O) groups excluding carboxylic acids is 1. The highest BCUT2D eigenvalue weighted by atomic mass is 35.5. The van der Waals surface area contributed by atoms with Gasteiger partial charge in [-0.25, -0.2) is 0 Å². The summed E-state index contributed by atoms with van der Waals surface area (Å²) < 4.78 is 5.51. The average molecular weight is 257 g/mol. The number of ether oxygens (including phenoxy) is 1. The molecule has 0 heterocycles. The number of hydrogen-bond donors (Lipinski definition) is 0. The van der Waals surface area contributed by atoms with Gasteiger partial charge in [-0.2, -0.15) is 0 Å². The molecule has 1 saturated carbocycles. The van der Waals surface area contributed by atoms with Gasteiger partial charge >= 0.3 is 5.97 Å². The molecule has 0 unspecified atom stereocenters. The number of allylic oxidation sites excluding steroid dienone is 2. The zero-order valence-electron chi connectivity index (χ0n) is 10.6. The third-order valence-electron chi connectivity index (χ3n) is 3.87. The number of carbonyl (C=O) groups is 1. The van der Waals surface area contributed by atoms with E-state index in [9.17, 15) is 4.79 Å². The van der Waals surface area contributed by atoms with E-state index in [2.05, 4.69) is 12.2 Å². The third-order valence-corrected chi connectivity index (χ3v) is 4.09. The summed E-state index contributed by atoms with van der Waals surface area (Å²) in [5.74, 6) is 1.17. The number of esters is 1.